The SMILES string of the molecule is O=C(c1ccc(Cl)c(Cl)c1)C1CCN(C(=O)c2[nH]c3ccccc3c2Br)CC1. The minimum absolute atomic E-state index is 0.0523. The zero-order valence-electron chi connectivity index (χ0n) is 14.8. The second-order valence-corrected chi connectivity index (χ2v) is 8.53. The van der Waals surface area contributed by atoms with E-state index < -0.39 is 0 Å². The molecule has 2 heterocycles. The Hall–Kier alpha value is -1.82. The maximum atomic E-state index is 13.0. The Balaban J connectivity index is 1.46. The fraction of sp³-hybridized carbons (Fsp3) is 0.238. The number of likely N-dealkylation sites (tertiary alicyclic amines) is 1. The summed E-state index contributed by atoms with van der Waals surface area (Å²) in [6.07, 6.45) is 1.26. The highest BCUT2D eigenvalue weighted by Gasteiger charge is 2.30. The van der Waals surface area contributed by atoms with Gasteiger partial charge in [0, 0.05) is 35.5 Å². The van der Waals surface area contributed by atoms with Gasteiger partial charge in [0.2, 0.25) is 0 Å². The normalized spacial score (nSPS) is 15.2. The third-order valence-corrected chi connectivity index (χ3v) is 6.78. The summed E-state index contributed by atoms with van der Waals surface area (Å²) in [4.78, 5) is 30.7. The quantitative estimate of drug-likeness (QED) is 0.470. The minimum atomic E-state index is -0.118. The van der Waals surface area contributed by atoms with Gasteiger partial charge in [0.1, 0.15) is 5.69 Å². The van der Waals surface area contributed by atoms with Gasteiger partial charge < -0.3 is 9.88 Å². The molecule has 1 aliphatic rings. The van der Waals surface area contributed by atoms with Crippen LogP contribution in [0.1, 0.15) is 33.7 Å². The van der Waals surface area contributed by atoms with Crippen molar-refractivity contribution in [2.45, 2.75) is 12.8 Å². The lowest BCUT2D eigenvalue weighted by Gasteiger charge is -2.31. The molecular weight excluding hydrogens is 463 g/mol. The molecular formula is C21H17BrCl2N2O2. The molecule has 1 N–H and O–H groups in total. The molecule has 0 unspecified atom stereocenters. The first kappa shape index (κ1) is 19.5. The number of fused-ring (bicyclic) bond motifs is 1. The van der Waals surface area contributed by atoms with Gasteiger partial charge in [0.15, 0.2) is 5.78 Å². The molecule has 1 aromatic heterocycles. The predicted octanol–water partition coefficient (Wildman–Crippen LogP) is 5.97. The van der Waals surface area contributed by atoms with Crippen molar-refractivity contribution >= 4 is 61.7 Å². The van der Waals surface area contributed by atoms with Crippen molar-refractivity contribution in [3.63, 3.8) is 0 Å². The Morgan fingerprint density at radius 2 is 1.75 bits per heavy atom. The number of Topliss-reactive ketones (excluding diaryl/α,β-unsaturated/α-hetero) is 1. The van der Waals surface area contributed by atoms with Crippen molar-refractivity contribution in [3.05, 3.63) is 68.2 Å². The van der Waals surface area contributed by atoms with Crippen molar-refractivity contribution in [1.82, 2.24) is 9.88 Å². The number of carbonyl (C=O) groups excluding carboxylic acids is 2. The zero-order chi connectivity index (χ0) is 19.8. The molecule has 1 fully saturated rings. The Morgan fingerprint density at radius 1 is 1.04 bits per heavy atom. The van der Waals surface area contributed by atoms with Gasteiger partial charge in [-0.05, 0) is 53.0 Å². The van der Waals surface area contributed by atoms with Crippen LogP contribution in [0.5, 0.6) is 0 Å². The van der Waals surface area contributed by atoms with E-state index in [-0.39, 0.29) is 17.6 Å². The number of hydrogen-bond acceptors (Lipinski definition) is 2. The van der Waals surface area contributed by atoms with Gasteiger partial charge in [-0.3, -0.25) is 9.59 Å². The van der Waals surface area contributed by atoms with Crippen molar-refractivity contribution in [2.75, 3.05) is 13.1 Å². The summed E-state index contributed by atoms with van der Waals surface area (Å²) in [5.41, 5.74) is 2.04. The van der Waals surface area contributed by atoms with Crippen LogP contribution in [0.25, 0.3) is 10.9 Å². The summed E-state index contributed by atoms with van der Waals surface area (Å²) in [5.74, 6) is -0.117. The van der Waals surface area contributed by atoms with E-state index in [1.807, 2.05) is 24.3 Å². The van der Waals surface area contributed by atoms with Crippen LogP contribution < -0.4 is 0 Å². The summed E-state index contributed by atoms with van der Waals surface area (Å²) in [5, 5.41) is 1.79. The highest BCUT2D eigenvalue weighted by atomic mass is 79.9. The maximum Gasteiger partial charge on any atom is 0.271 e. The molecule has 2 aromatic carbocycles. The zero-order valence-corrected chi connectivity index (χ0v) is 17.9. The number of benzene rings is 2. The number of carbonyl (C=O) groups is 2. The molecule has 0 radical (unpaired) electrons. The highest BCUT2D eigenvalue weighted by molar-refractivity contribution is 9.10. The van der Waals surface area contributed by atoms with Crippen LogP contribution in [-0.2, 0) is 0 Å². The van der Waals surface area contributed by atoms with Gasteiger partial charge in [0.05, 0.1) is 14.5 Å². The molecule has 0 spiro atoms. The third-order valence-electron chi connectivity index (χ3n) is 5.21. The summed E-state index contributed by atoms with van der Waals surface area (Å²) in [6, 6.07) is 12.7. The lowest BCUT2D eigenvalue weighted by Crippen LogP contribution is -2.40. The van der Waals surface area contributed by atoms with Gasteiger partial charge in [-0.15, -0.1) is 0 Å². The smallest absolute Gasteiger partial charge is 0.271 e. The van der Waals surface area contributed by atoms with Crippen LogP contribution in [0.4, 0.5) is 0 Å². The first-order valence-electron chi connectivity index (χ1n) is 9.00. The highest BCUT2D eigenvalue weighted by Crippen LogP contribution is 2.31. The van der Waals surface area contributed by atoms with Crippen LogP contribution in [0.2, 0.25) is 10.0 Å². The minimum Gasteiger partial charge on any atom is -0.350 e. The average molecular weight is 480 g/mol. The van der Waals surface area contributed by atoms with Crippen molar-refractivity contribution in [2.24, 2.45) is 5.92 Å². The Labute approximate surface area is 180 Å². The van der Waals surface area contributed by atoms with Gasteiger partial charge in [-0.2, -0.15) is 0 Å². The van der Waals surface area contributed by atoms with E-state index in [9.17, 15) is 9.59 Å². The molecule has 4 rings (SSSR count). The van der Waals surface area contributed by atoms with Crippen LogP contribution in [-0.4, -0.2) is 34.7 Å². The lowest BCUT2D eigenvalue weighted by molar-refractivity contribution is 0.0645. The van der Waals surface area contributed by atoms with E-state index >= 15 is 0 Å². The van der Waals surface area contributed by atoms with Gasteiger partial charge in [0.25, 0.3) is 5.91 Å². The van der Waals surface area contributed by atoms with E-state index in [1.165, 1.54) is 0 Å². The number of piperidine rings is 1. The molecule has 1 aliphatic heterocycles. The number of aromatic amines is 1. The molecule has 1 saturated heterocycles. The topological polar surface area (TPSA) is 53.2 Å². The summed E-state index contributed by atoms with van der Waals surface area (Å²) in [7, 11) is 0. The number of nitrogens with one attached hydrogen (secondary N) is 1. The monoisotopic (exact) mass is 478 g/mol. The molecule has 28 heavy (non-hydrogen) atoms. The number of halogens is 3. The number of amides is 1. The molecule has 0 bridgehead atoms. The number of aromatic nitrogens is 1. The van der Waals surface area contributed by atoms with Gasteiger partial charge in [-0.25, -0.2) is 0 Å². The Bertz CT molecular complexity index is 1070. The number of H-pyrrole nitrogens is 1. The fourth-order valence-corrected chi connectivity index (χ4v) is 4.56. The predicted molar refractivity (Wildman–Crippen MR) is 115 cm³/mol. The van der Waals surface area contributed by atoms with Crippen molar-refractivity contribution < 1.29 is 9.59 Å². The molecule has 4 nitrogen and oxygen atoms in total. The van der Waals surface area contributed by atoms with E-state index in [1.54, 1.807) is 23.1 Å². The van der Waals surface area contributed by atoms with Crippen LogP contribution >= 0.6 is 39.1 Å². The number of hydrogen-bond donors (Lipinski definition) is 1. The summed E-state index contributed by atoms with van der Waals surface area (Å²) >= 11 is 15.5. The number of para-hydroxylation sites is 1. The van der Waals surface area contributed by atoms with Crippen molar-refractivity contribution in [3.8, 4) is 0 Å². The molecule has 0 saturated carbocycles. The molecule has 0 atom stereocenters. The summed E-state index contributed by atoms with van der Waals surface area (Å²) in [6.45, 7) is 1.08. The average Bonchev–Trinajstić information content (AvgIpc) is 3.06. The fourth-order valence-electron chi connectivity index (χ4n) is 3.64. The van der Waals surface area contributed by atoms with E-state index in [2.05, 4.69) is 20.9 Å². The van der Waals surface area contributed by atoms with Gasteiger partial charge >= 0.3 is 0 Å². The maximum absolute atomic E-state index is 13.0. The van der Waals surface area contributed by atoms with Crippen LogP contribution in [0.15, 0.2) is 46.9 Å². The Morgan fingerprint density at radius 3 is 2.43 bits per heavy atom. The first-order valence-corrected chi connectivity index (χ1v) is 10.6. The first-order chi connectivity index (χ1) is 13.5. The van der Waals surface area contributed by atoms with E-state index in [0.717, 1.165) is 15.4 Å². The second kappa shape index (κ2) is 7.90. The molecule has 7 heteroatoms. The summed E-state index contributed by atoms with van der Waals surface area (Å²) < 4.78 is 0.780. The van der Waals surface area contributed by atoms with Crippen LogP contribution in [0.3, 0.4) is 0 Å². The van der Waals surface area contributed by atoms with Gasteiger partial charge in [-0.1, -0.05) is 41.4 Å². The van der Waals surface area contributed by atoms with E-state index in [4.69, 9.17) is 23.2 Å². The standard InChI is InChI=1S/C21H17BrCl2N2O2/c22-18-14-3-1-2-4-17(14)25-19(18)21(28)26-9-7-12(8-10-26)20(27)13-5-6-15(23)16(24)11-13/h1-6,11-12,25H,7-10H2. The molecule has 3 aromatic rings. The number of nitrogens with zero attached hydrogens (tertiary/aromatic N) is 1. The van der Waals surface area contributed by atoms with Crippen molar-refractivity contribution in [1.29, 1.82) is 0 Å². The lowest BCUT2D eigenvalue weighted by atomic mass is 9.89. The Kier molecular flexibility index (Phi) is 5.50. The number of rotatable bonds is 3. The largest absolute Gasteiger partial charge is 0.350 e. The number of ketones is 1. The second-order valence-electron chi connectivity index (χ2n) is 6.92. The third kappa shape index (κ3) is 3.59. The van der Waals surface area contributed by atoms with E-state index in [0.29, 0.717) is 47.2 Å². The molecule has 1 amide bonds. The molecule has 144 valence electrons. The molecule has 0 aliphatic carbocycles. The van der Waals surface area contributed by atoms with Crippen LogP contribution in [0, 0.1) is 5.92 Å².